The van der Waals surface area contributed by atoms with Crippen LogP contribution >= 0.6 is 11.3 Å². The molecule has 0 saturated heterocycles. The first-order chi connectivity index (χ1) is 9.29. The molecular weight excluding hydrogens is 312 g/mol. The number of rotatable bonds is 4. The molecule has 0 aliphatic carbocycles. The van der Waals surface area contributed by atoms with Crippen molar-refractivity contribution in [2.45, 2.75) is 4.21 Å². The Hall–Kier alpha value is -2.00. The number of halogens is 2. The van der Waals surface area contributed by atoms with Gasteiger partial charge >= 0.3 is 5.97 Å². The molecule has 106 valence electrons. The van der Waals surface area contributed by atoms with E-state index in [9.17, 15) is 22.0 Å². The van der Waals surface area contributed by atoms with E-state index >= 15 is 0 Å². The van der Waals surface area contributed by atoms with Crippen LogP contribution < -0.4 is 4.72 Å². The van der Waals surface area contributed by atoms with Crippen molar-refractivity contribution < 1.29 is 27.1 Å². The maximum Gasteiger partial charge on any atom is 0.336 e. The largest absolute Gasteiger partial charge is 0.478 e. The van der Waals surface area contributed by atoms with Crippen LogP contribution in [0.5, 0.6) is 0 Å². The van der Waals surface area contributed by atoms with Crippen LogP contribution in [-0.4, -0.2) is 19.5 Å². The first kappa shape index (κ1) is 14.4. The highest BCUT2D eigenvalue weighted by molar-refractivity contribution is 7.94. The number of benzene rings is 1. The molecule has 9 heteroatoms. The van der Waals surface area contributed by atoms with Crippen molar-refractivity contribution in [3.8, 4) is 0 Å². The van der Waals surface area contributed by atoms with Crippen LogP contribution in [0.3, 0.4) is 0 Å². The van der Waals surface area contributed by atoms with Gasteiger partial charge in [0.2, 0.25) is 0 Å². The molecule has 2 rings (SSSR count). The van der Waals surface area contributed by atoms with E-state index in [0.717, 1.165) is 18.2 Å². The third kappa shape index (κ3) is 2.94. The third-order valence-electron chi connectivity index (χ3n) is 2.26. The maximum atomic E-state index is 13.0. The number of nitrogens with one attached hydrogen (secondary N) is 1. The minimum absolute atomic E-state index is 0.158. The summed E-state index contributed by atoms with van der Waals surface area (Å²) < 4.78 is 51.4. The zero-order chi connectivity index (χ0) is 14.9. The van der Waals surface area contributed by atoms with Crippen molar-refractivity contribution in [3.63, 3.8) is 0 Å². The summed E-state index contributed by atoms with van der Waals surface area (Å²) in [5, 5.41) is 9.89. The molecule has 0 radical (unpaired) electrons. The van der Waals surface area contributed by atoms with Gasteiger partial charge < -0.3 is 5.11 Å². The molecule has 0 bridgehead atoms. The second kappa shape index (κ2) is 5.17. The fraction of sp³-hybridized carbons (Fsp3) is 0. The highest BCUT2D eigenvalue weighted by Crippen LogP contribution is 2.23. The van der Waals surface area contributed by atoms with Gasteiger partial charge in [0.25, 0.3) is 10.0 Å². The molecule has 1 aromatic heterocycles. The second-order valence-corrected chi connectivity index (χ2v) is 6.51. The Morgan fingerprint density at radius 2 is 1.90 bits per heavy atom. The van der Waals surface area contributed by atoms with E-state index in [-0.39, 0.29) is 15.5 Å². The number of hydrogen-bond donors (Lipinski definition) is 2. The van der Waals surface area contributed by atoms with Crippen molar-refractivity contribution in [2.24, 2.45) is 0 Å². The van der Waals surface area contributed by atoms with Crippen molar-refractivity contribution in [1.82, 2.24) is 0 Å². The summed E-state index contributed by atoms with van der Waals surface area (Å²) >= 11 is 0.712. The quantitative estimate of drug-likeness (QED) is 0.907. The highest BCUT2D eigenvalue weighted by Gasteiger charge is 2.19. The van der Waals surface area contributed by atoms with Gasteiger partial charge in [-0.15, -0.1) is 11.3 Å². The van der Waals surface area contributed by atoms with Gasteiger partial charge in [-0.05, 0) is 18.2 Å². The second-order valence-electron chi connectivity index (χ2n) is 3.69. The normalized spacial score (nSPS) is 11.3. The van der Waals surface area contributed by atoms with Crippen molar-refractivity contribution in [1.29, 1.82) is 0 Å². The monoisotopic (exact) mass is 319 g/mol. The molecule has 1 heterocycles. The maximum absolute atomic E-state index is 13.0. The number of thiophene rings is 1. The zero-order valence-electron chi connectivity index (χ0n) is 9.63. The molecule has 1 aromatic carbocycles. The number of carbonyl (C=O) groups is 1. The first-order valence-electron chi connectivity index (χ1n) is 5.09. The number of aromatic carboxylic acids is 1. The number of hydrogen-bond acceptors (Lipinski definition) is 4. The standard InChI is InChI=1S/C11H7F2NO4S2/c12-8-2-1-7(4-9(8)13)14-20(17,18)10-3-6(5-19-10)11(15)16/h1-5,14H,(H,15,16). The third-order valence-corrected chi connectivity index (χ3v) is 5.08. The molecule has 5 nitrogen and oxygen atoms in total. The van der Waals surface area contributed by atoms with Crippen LogP contribution in [0.4, 0.5) is 14.5 Å². The van der Waals surface area contributed by atoms with E-state index in [4.69, 9.17) is 5.11 Å². The molecule has 0 fully saturated rings. The van der Waals surface area contributed by atoms with Gasteiger partial charge in [0, 0.05) is 11.4 Å². The average Bonchev–Trinajstić information content (AvgIpc) is 2.84. The summed E-state index contributed by atoms with van der Waals surface area (Å²) in [4.78, 5) is 10.7. The highest BCUT2D eigenvalue weighted by atomic mass is 32.2. The van der Waals surface area contributed by atoms with Gasteiger partial charge in [-0.3, -0.25) is 4.72 Å². The molecule has 0 saturated carbocycles. The van der Waals surface area contributed by atoms with Crippen molar-refractivity contribution >= 4 is 33.0 Å². The molecule has 20 heavy (non-hydrogen) atoms. The zero-order valence-corrected chi connectivity index (χ0v) is 11.3. The summed E-state index contributed by atoms with van der Waals surface area (Å²) in [6.07, 6.45) is 0. The van der Waals surface area contributed by atoms with Gasteiger partial charge in [0.05, 0.1) is 11.3 Å². The molecule has 0 spiro atoms. The van der Waals surface area contributed by atoms with Crippen LogP contribution in [0, 0.1) is 11.6 Å². The number of carboxylic acid groups (broad SMARTS) is 1. The van der Waals surface area contributed by atoms with E-state index < -0.39 is 27.6 Å². The molecule has 0 amide bonds. The molecule has 2 aromatic rings. The molecular formula is C11H7F2NO4S2. The molecule has 0 unspecified atom stereocenters. The average molecular weight is 319 g/mol. The fourth-order valence-electron chi connectivity index (χ4n) is 1.33. The summed E-state index contributed by atoms with van der Waals surface area (Å²) in [7, 11) is -4.04. The lowest BCUT2D eigenvalue weighted by atomic mass is 10.3. The Kier molecular flexibility index (Phi) is 3.73. The number of carboxylic acids is 1. The van der Waals surface area contributed by atoms with Gasteiger partial charge in [-0.1, -0.05) is 0 Å². The Bertz CT molecular complexity index is 770. The van der Waals surface area contributed by atoms with E-state index in [1.807, 2.05) is 4.72 Å². The molecule has 0 aliphatic rings. The lowest BCUT2D eigenvalue weighted by Crippen LogP contribution is -2.12. The predicted octanol–water partition coefficient (Wildman–Crippen LogP) is 2.53. The van der Waals surface area contributed by atoms with Crippen molar-refractivity contribution in [3.05, 3.63) is 46.8 Å². The van der Waals surface area contributed by atoms with Gasteiger partial charge in [0.15, 0.2) is 11.6 Å². The van der Waals surface area contributed by atoms with Gasteiger partial charge in [0.1, 0.15) is 4.21 Å². The van der Waals surface area contributed by atoms with Crippen LogP contribution in [0.1, 0.15) is 10.4 Å². The van der Waals surface area contributed by atoms with Crippen LogP contribution in [0.25, 0.3) is 0 Å². The van der Waals surface area contributed by atoms with Crippen molar-refractivity contribution in [2.75, 3.05) is 4.72 Å². The summed E-state index contributed by atoms with van der Waals surface area (Å²) in [5.74, 6) is -3.55. The Balaban J connectivity index is 2.30. The smallest absolute Gasteiger partial charge is 0.336 e. The topological polar surface area (TPSA) is 83.5 Å². The summed E-state index contributed by atoms with van der Waals surface area (Å²) in [5.41, 5.74) is -0.324. The van der Waals surface area contributed by atoms with E-state index in [0.29, 0.717) is 17.4 Å². The van der Waals surface area contributed by atoms with E-state index in [1.165, 1.54) is 5.38 Å². The SMILES string of the molecule is O=C(O)c1csc(S(=O)(=O)Nc2ccc(F)c(F)c2)c1. The molecule has 2 N–H and O–H groups in total. The predicted molar refractivity (Wildman–Crippen MR) is 68.4 cm³/mol. The Labute approximate surface area is 116 Å². The van der Waals surface area contributed by atoms with Gasteiger partial charge in [-0.2, -0.15) is 0 Å². The van der Waals surface area contributed by atoms with Crippen LogP contribution in [0.2, 0.25) is 0 Å². The first-order valence-corrected chi connectivity index (χ1v) is 7.45. The lowest BCUT2D eigenvalue weighted by molar-refractivity contribution is 0.0697. The Morgan fingerprint density at radius 1 is 1.20 bits per heavy atom. The minimum atomic E-state index is -4.04. The summed E-state index contributed by atoms with van der Waals surface area (Å²) in [6, 6.07) is 3.51. The minimum Gasteiger partial charge on any atom is -0.478 e. The van der Waals surface area contributed by atoms with Gasteiger partial charge in [-0.25, -0.2) is 22.0 Å². The van der Waals surface area contributed by atoms with E-state index in [2.05, 4.69) is 0 Å². The number of sulfonamides is 1. The van der Waals surface area contributed by atoms with Crippen LogP contribution in [0.15, 0.2) is 33.9 Å². The Morgan fingerprint density at radius 3 is 2.45 bits per heavy atom. The molecule has 0 aliphatic heterocycles. The van der Waals surface area contributed by atoms with E-state index in [1.54, 1.807) is 0 Å². The fourth-order valence-corrected chi connectivity index (χ4v) is 3.54. The molecule has 0 atom stereocenters. The van der Waals surface area contributed by atoms with Crippen LogP contribution in [-0.2, 0) is 10.0 Å². The number of anilines is 1. The summed E-state index contributed by atoms with van der Waals surface area (Å²) in [6.45, 7) is 0. The lowest BCUT2D eigenvalue weighted by Gasteiger charge is -2.06.